The van der Waals surface area contributed by atoms with E-state index in [2.05, 4.69) is 5.32 Å². The van der Waals surface area contributed by atoms with Crippen LogP contribution in [0.1, 0.15) is 18.9 Å². The van der Waals surface area contributed by atoms with E-state index in [0.717, 1.165) is 5.56 Å². The largest absolute Gasteiger partial charge is 0.463 e. The fourth-order valence-electron chi connectivity index (χ4n) is 2.30. The molecule has 1 aromatic rings. The van der Waals surface area contributed by atoms with Crippen LogP contribution < -0.4 is 5.32 Å². The molecule has 1 atom stereocenters. The summed E-state index contributed by atoms with van der Waals surface area (Å²) in [5, 5.41) is 2.52. The van der Waals surface area contributed by atoms with Gasteiger partial charge in [-0.25, -0.2) is 9.59 Å². The van der Waals surface area contributed by atoms with E-state index < -0.39 is 18.1 Å². The van der Waals surface area contributed by atoms with Crippen LogP contribution in [0, 0.1) is 0 Å². The van der Waals surface area contributed by atoms with Crippen LogP contribution in [0.4, 0.5) is 4.79 Å². The van der Waals surface area contributed by atoms with E-state index in [4.69, 9.17) is 9.47 Å². The predicted octanol–water partition coefficient (Wildman–Crippen LogP) is 1.59. The summed E-state index contributed by atoms with van der Waals surface area (Å²) in [4.78, 5) is 36.8. The van der Waals surface area contributed by atoms with Crippen molar-refractivity contribution >= 4 is 18.0 Å². The zero-order chi connectivity index (χ0) is 17.5. The number of benzene rings is 1. The van der Waals surface area contributed by atoms with E-state index in [0.29, 0.717) is 5.70 Å². The van der Waals surface area contributed by atoms with Crippen LogP contribution in [-0.2, 0) is 25.7 Å². The number of likely N-dealkylation sites (N-methyl/N-ethyl adjacent to an activating group) is 1. The van der Waals surface area contributed by atoms with Gasteiger partial charge in [-0.05, 0) is 12.5 Å². The highest BCUT2D eigenvalue weighted by Gasteiger charge is 2.35. The molecule has 1 fully saturated rings. The molecule has 2 amide bonds. The Morgan fingerprint density at radius 3 is 2.67 bits per heavy atom. The quantitative estimate of drug-likeness (QED) is 0.654. The second-order valence-corrected chi connectivity index (χ2v) is 5.25. The summed E-state index contributed by atoms with van der Waals surface area (Å²) in [6.45, 7) is 2.08. The average Bonchev–Trinajstić information content (AvgIpc) is 2.82. The smallest absolute Gasteiger partial charge is 0.408 e. The van der Waals surface area contributed by atoms with E-state index in [-0.39, 0.29) is 25.5 Å². The summed E-state index contributed by atoms with van der Waals surface area (Å²) in [6, 6.07) is 8.48. The molecule has 1 N–H and O–H groups in total. The first kappa shape index (κ1) is 17.5. The first-order chi connectivity index (χ1) is 11.5. The number of nitrogens with zero attached hydrogens (tertiary/aromatic N) is 1. The molecule has 0 spiro atoms. The highest BCUT2D eigenvalue weighted by atomic mass is 16.5. The van der Waals surface area contributed by atoms with Crippen molar-refractivity contribution in [3.63, 3.8) is 0 Å². The molecule has 0 radical (unpaired) electrons. The number of alkyl carbamates (subject to hydrolysis) is 1. The Kier molecular flexibility index (Phi) is 5.95. The van der Waals surface area contributed by atoms with Crippen molar-refractivity contribution in [2.75, 3.05) is 13.7 Å². The molecular formula is C17H20N2O5. The number of carbonyl (C=O) groups is 3. The Bertz CT molecular complexity index is 642. The zero-order valence-corrected chi connectivity index (χ0v) is 13.7. The van der Waals surface area contributed by atoms with Gasteiger partial charge in [0.15, 0.2) is 0 Å². The Morgan fingerprint density at radius 1 is 1.29 bits per heavy atom. The van der Waals surface area contributed by atoms with Crippen LogP contribution in [0.3, 0.4) is 0 Å². The zero-order valence-electron chi connectivity index (χ0n) is 13.7. The lowest BCUT2D eigenvalue weighted by Crippen LogP contribution is -2.40. The molecule has 2 rings (SSSR count). The first-order valence-electron chi connectivity index (χ1n) is 7.63. The van der Waals surface area contributed by atoms with Crippen molar-refractivity contribution in [2.45, 2.75) is 26.0 Å². The fourth-order valence-corrected chi connectivity index (χ4v) is 2.30. The molecule has 0 aliphatic carbocycles. The lowest BCUT2D eigenvalue weighted by molar-refractivity contribution is -0.137. The van der Waals surface area contributed by atoms with Gasteiger partial charge in [-0.15, -0.1) is 0 Å². The minimum absolute atomic E-state index is 0.120. The van der Waals surface area contributed by atoms with Crippen LogP contribution in [0.25, 0.3) is 0 Å². The molecular weight excluding hydrogens is 312 g/mol. The topological polar surface area (TPSA) is 84.9 Å². The van der Waals surface area contributed by atoms with E-state index >= 15 is 0 Å². The van der Waals surface area contributed by atoms with Crippen LogP contribution in [0.2, 0.25) is 0 Å². The summed E-state index contributed by atoms with van der Waals surface area (Å²) < 4.78 is 9.92. The van der Waals surface area contributed by atoms with E-state index in [1.165, 1.54) is 11.0 Å². The molecule has 0 unspecified atom stereocenters. The van der Waals surface area contributed by atoms with E-state index in [1.807, 2.05) is 30.3 Å². The molecule has 24 heavy (non-hydrogen) atoms. The van der Waals surface area contributed by atoms with Gasteiger partial charge in [-0.2, -0.15) is 0 Å². The summed E-state index contributed by atoms with van der Waals surface area (Å²) in [6.07, 6.45) is 0.801. The van der Waals surface area contributed by atoms with Crippen molar-refractivity contribution in [2.24, 2.45) is 0 Å². The second kappa shape index (κ2) is 8.14. The van der Waals surface area contributed by atoms with Gasteiger partial charge in [-0.3, -0.25) is 4.79 Å². The standard InChI is InChI=1S/C17H20N2O5/c1-3-23-15(20)10-13-9-14(16(21)19(13)2)18-17(22)24-11-12-7-5-4-6-8-12/h4-8,10,14H,3,9,11H2,1-2H3,(H,18,22)/b13-10+/t14-/m0/s1. The maximum absolute atomic E-state index is 12.1. The van der Waals surface area contributed by atoms with Gasteiger partial charge in [0, 0.05) is 25.2 Å². The van der Waals surface area contributed by atoms with Gasteiger partial charge >= 0.3 is 12.1 Å². The summed E-state index contributed by atoms with van der Waals surface area (Å²) in [7, 11) is 1.55. The molecule has 7 heteroatoms. The Morgan fingerprint density at radius 2 is 2.00 bits per heavy atom. The summed E-state index contributed by atoms with van der Waals surface area (Å²) in [5.41, 5.74) is 1.34. The number of carbonyl (C=O) groups excluding carboxylic acids is 3. The SMILES string of the molecule is CCOC(=O)/C=C1\C[C@H](NC(=O)OCc2ccccc2)C(=O)N1C. The summed E-state index contributed by atoms with van der Waals surface area (Å²) >= 11 is 0. The fraction of sp³-hybridized carbons (Fsp3) is 0.353. The monoisotopic (exact) mass is 332 g/mol. The highest BCUT2D eigenvalue weighted by molar-refractivity contribution is 5.92. The third-order valence-corrected chi connectivity index (χ3v) is 3.55. The molecule has 0 bridgehead atoms. The number of rotatable bonds is 5. The van der Waals surface area contributed by atoms with Gasteiger partial charge in [0.2, 0.25) is 5.91 Å². The van der Waals surface area contributed by atoms with Crippen molar-refractivity contribution < 1.29 is 23.9 Å². The normalized spacial score (nSPS) is 18.6. The Hall–Kier alpha value is -2.83. The molecule has 0 aromatic heterocycles. The number of likely N-dealkylation sites (tertiary alicyclic amines) is 1. The van der Waals surface area contributed by atoms with Crippen molar-refractivity contribution in [1.29, 1.82) is 0 Å². The van der Waals surface area contributed by atoms with E-state index in [9.17, 15) is 14.4 Å². The Balaban J connectivity index is 1.89. The molecule has 1 aliphatic rings. The lowest BCUT2D eigenvalue weighted by Gasteiger charge is -2.12. The number of nitrogens with one attached hydrogen (secondary N) is 1. The van der Waals surface area contributed by atoms with Gasteiger partial charge in [0.25, 0.3) is 0 Å². The average molecular weight is 332 g/mol. The minimum Gasteiger partial charge on any atom is -0.463 e. The molecule has 1 heterocycles. The molecule has 128 valence electrons. The minimum atomic E-state index is -0.751. The number of ether oxygens (including phenoxy) is 2. The van der Waals surface area contributed by atoms with Gasteiger partial charge in [0.05, 0.1) is 6.61 Å². The van der Waals surface area contributed by atoms with Crippen LogP contribution in [0.15, 0.2) is 42.1 Å². The van der Waals surface area contributed by atoms with Crippen molar-refractivity contribution in [3.05, 3.63) is 47.7 Å². The molecule has 1 aliphatic heterocycles. The second-order valence-electron chi connectivity index (χ2n) is 5.25. The third kappa shape index (κ3) is 4.58. The van der Waals surface area contributed by atoms with Crippen LogP contribution >= 0.6 is 0 Å². The van der Waals surface area contributed by atoms with Crippen molar-refractivity contribution in [3.8, 4) is 0 Å². The maximum Gasteiger partial charge on any atom is 0.408 e. The number of hydrogen-bond donors (Lipinski definition) is 1. The Labute approximate surface area is 140 Å². The number of esters is 1. The van der Waals surface area contributed by atoms with Gasteiger partial charge < -0.3 is 19.7 Å². The molecule has 1 aromatic carbocycles. The van der Waals surface area contributed by atoms with Crippen LogP contribution in [-0.4, -0.2) is 42.6 Å². The van der Waals surface area contributed by atoms with E-state index in [1.54, 1.807) is 14.0 Å². The summed E-state index contributed by atoms with van der Waals surface area (Å²) in [5.74, 6) is -0.818. The molecule has 0 saturated carbocycles. The maximum atomic E-state index is 12.1. The van der Waals surface area contributed by atoms with Crippen molar-refractivity contribution in [1.82, 2.24) is 10.2 Å². The molecule has 7 nitrogen and oxygen atoms in total. The van der Waals surface area contributed by atoms with Crippen LogP contribution in [0.5, 0.6) is 0 Å². The third-order valence-electron chi connectivity index (χ3n) is 3.55. The first-order valence-corrected chi connectivity index (χ1v) is 7.63. The highest BCUT2D eigenvalue weighted by Crippen LogP contribution is 2.21. The molecule has 1 saturated heterocycles. The number of hydrogen-bond acceptors (Lipinski definition) is 5. The van der Waals surface area contributed by atoms with Gasteiger partial charge in [0.1, 0.15) is 12.6 Å². The number of amides is 2. The predicted molar refractivity (Wildman–Crippen MR) is 85.7 cm³/mol. The van der Waals surface area contributed by atoms with Gasteiger partial charge in [-0.1, -0.05) is 30.3 Å². The lowest BCUT2D eigenvalue weighted by atomic mass is 10.2.